The van der Waals surface area contributed by atoms with Crippen LogP contribution in [0.25, 0.3) is 5.69 Å². The number of phenolic OH excluding ortho intramolecular Hbond substituents is 2. The van der Waals surface area contributed by atoms with Gasteiger partial charge in [-0.15, -0.1) is 10.2 Å². The molecule has 1 aliphatic rings. The van der Waals surface area contributed by atoms with Crippen LogP contribution in [0.5, 0.6) is 17.2 Å². The molecule has 14 heteroatoms. The molecular formula is C33H35ClN6O7. The number of ether oxygens (including phenoxy) is 3. The largest absolute Gasteiger partial charge is 0.504 e. The van der Waals surface area contributed by atoms with Gasteiger partial charge in [0.05, 0.1) is 56.9 Å². The van der Waals surface area contributed by atoms with Crippen molar-refractivity contribution in [1.82, 2.24) is 25.4 Å². The van der Waals surface area contributed by atoms with Crippen LogP contribution in [0.1, 0.15) is 45.6 Å². The number of carbonyl (C=O) groups is 2. The number of carbonyl (C=O) groups excluding carboxylic acids is 2. The quantitative estimate of drug-likeness (QED) is 0.117. The van der Waals surface area contributed by atoms with Gasteiger partial charge in [0, 0.05) is 29.2 Å². The van der Waals surface area contributed by atoms with Crippen LogP contribution >= 0.6 is 11.6 Å². The van der Waals surface area contributed by atoms with Gasteiger partial charge in [-0.05, 0) is 49.4 Å². The van der Waals surface area contributed by atoms with E-state index in [1.165, 1.54) is 18.2 Å². The first-order valence-electron chi connectivity index (χ1n) is 14.9. The highest BCUT2D eigenvalue weighted by molar-refractivity contribution is 6.30. The second kappa shape index (κ2) is 15.5. The van der Waals surface area contributed by atoms with Gasteiger partial charge in [0.2, 0.25) is 5.91 Å². The van der Waals surface area contributed by atoms with Gasteiger partial charge in [0.25, 0.3) is 5.91 Å². The molecule has 1 atom stereocenters. The molecule has 13 nitrogen and oxygen atoms in total. The number of aromatic hydroxyl groups is 2. The van der Waals surface area contributed by atoms with Gasteiger partial charge < -0.3 is 35.1 Å². The van der Waals surface area contributed by atoms with Crippen molar-refractivity contribution in [2.24, 2.45) is 4.99 Å². The standard InChI is InChI=1S/C33H35ClN6O7/c1-20-38-39-32-26(37-30(21-6-8-22(34)9-7-21)25-18-23(45-2)10-11-27(25)40(20)32)19-29(42)35-12-14-46-16-17-47-15-13-36-33(44)24-4-3-5-28(41)31(24)43/h3-11,18,26,41,43H,12-17,19H2,1-2H3,(H,35,42)(H,36,44). The lowest BCUT2D eigenvalue weighted by Gasteiger charge is -2.14. The van der Waals surface area contributed by atoms with Gasteiger partial charge in [-0.3, -0.25) is 19.1 Å². The minimum Gasteiger partial charge on any atom is -0.504 e. The maximum absolute atomic E-state index is 13.1. The van der Waals surface area contributed by atoms with E-state index >= 15 is 0 Å². The average molecular weight is 663 g/mol. The minimum atomic E-state index is -0.619. The van der Waals surface area contributed by atoms with E-state index in [2.05, 4.69) is 20.8 Å². The summed E-state index contributed by atoms with van der Waals surface area (Å²) in [5.41, 5.74) is 3.13. The normalized spacial score (nSPS) is 13.6. The van der Waals surface area contributed by atoms with Crippen molar-refractivity contribution >= 4 is 29.1 Å². The van der Waals surface area contributed by atoms with E-state index in [-0.39, 0.29) is 56.6 Å². The molecule has 0 fully saturated rings. The van der Waals surface area contributed by atoms with Crippen LogP contribution in [-0.4, -0.2) is 89.1 Å². The molecule has 0 saturated heterocycles. The maximum atomic E-state index is 13.1. The molecule has 0 aliphatic carbocycles. The number of nitrogens with one attached hydrogen (secondary N) is 2. The van der Waals surface area contributed by atoms with Crippen LogP contribution in [0.4, 0.5) is 0 Å². The number of fused-ring (bicyclic) bond motifs is 3. The molecule has 0 spiro atoms. The molecule has 246 valence electrons. The zero-order valence-corrected chi connectivity index (χ0v) is 26.7. The number of amides is 2. The van der Waals surface area contributed by atoms with Crippen molar-refractivity contribution in [2.75, 3.05) is 46.6 Å². The number of aliphatic imine (C=N–C) groups is 1. The number of hydrogen-bond donors (Lipinski definition) is 4. The van der Waals surface area contributed by atoms with Gasteiger partial charge >= 0.3 is 0 Å². The number of methoxy groups -OCH3 is 1. The molecule has 4 aromatic rings. The van der Waals surface area contributed by atoms with Crippen molar-refractivity contribution in [3.05, 3.63) is 94.0 Å². The van der Waals surface area contributed by atoms with Gasteiger partial charge in [0.1, 0.15) is 17.6 Å². The number of rotatable bonds is 14. The maximum Gasteiger partial charge on any atom is 0.255 e. The average Bonchev–Trinajstić information content (AvgIpc) is 3.39. The Bertz CT molecular complexity index is 1760. The summed E-state index contributed by atoms with van der Waals surface area (Å²) in [7, 11) is 1.60. The molecule has 1 aliphatic heterocycles. The van der Waals surface area contributed by atoms with Crippen LogP contribution in [0.15, 0.2) is 65.7 Å². The highest BCUT2D eigenvalue weighted by Crippen LogP contribution is 2.34. The summed E-state index contributed by atoms with van der Waals surface area (Å²) in [5.74, 6) is 0.297. The monoisotopic (exact) mass is 662 g/mol. The van der Waals surface area contributed by atoms with Crippen LogP contribution in [0.3, 0.4) is 0 Å². The van der Waals surface area contributed by atoms with Gasteiger partial charge in [-0.25, -0.2) is 0 Å². The molecule has 47 heavy (non-hydrogen) atoms. The van der Waals surface area contributed by atoms with Crippen LogP contribution in [0, 0.1) is 6.92 Å². The Morgan fingerprint density at radius 1 is 0.936 bits per heavy atom. The summed E-state index contributed by atoms with van der Waals surface area (Å²) < 4.78 is 18.5. The Kier molecular flexibility index (Phi) is 11.0. The van der Waals surface area contributed by atoms with Gasteiger partial charge in [-0.1, -0.05) is 29.8 Å². The third-order valence-corrected chi connectivity index (χ3v) is 7.61. The topological polar surface area (TPSA) is 169 Å². The summed E-state index contributed by atoms with van der Waals surface area (Å²) in [4.78, 5) is 30.3. The number of benzene rings is 3. The molecular weight excluding hydrogens is 628 g/mol. The summed E-state index contributed by atoms with van der Waals surface area (Å²) in [6.07, 6.45) is 0.0373. The number of nitrogens with zero attached hydrogens (tertiary/aromatic N) is 4. The zero-order chi connectivity index (χ0) is 33.3. The fraction of sp³-hybridized carbons (Fsp3) is 0.303. The summed E-state index contributed by atoms with van der Waals surface area (Å²) >= 11 is 6.17. The number of para-hydroxylation sites is 1. The predicted octanol–water partition coefficient (Wildman–Crippen LogP) is 3.51. The number of hydrogen-bond acceptors (Lipinski definition) is 10. The van der Waals surface area contributed by atoms with E-state index < -0.39 is 17.7 Å². The predicted molar refractivity (Wildman–Crippen MR) is 174 cm³/mol. The number of aryl methyl sites for hydroxylation is 1. The van der Waals surface area contributed by atoms with Crippen molar-refractivity contribution in [3.63, 3.8) is 0 Å². The lowest BCUT2D eigenvalue weighted by molar-refractivity contribution is -0.121. The fourth-order valence-corrected chi connectivity index (χ4v) is 5.18. The van der Waals surface area contributed by atoms with E-state index in [1.54, 1.807) is 19.2 Å². The SMILES string of the molecule is COc1ccc2c(c1)C(c1ccc(Cl)cc1)=NC(CC(=O)NCCOCCOCCNC(=O)c1cccc(O)c1O)c1nnc(C)n1-2. The van der Waals surface area contributed by atoms with E-state index in [4.69, 9.17) is 30.8 Å². The fourth-order valence-electron chi connectivity index (χ4n) is 5.06. The summed E-state index contributed by atoms with van der Waals surface area (Å²) in [6.45, 7) is 3.42. The first kappa shape index (κ1) is 33.4. The second-order valence-electron chi connectivity index (χ2n) is 10.5. The summed E-state index contributed by atoms with van der Waals surface area (Å²) in [6, 6.07) is 16.6. The molecule has 3 aromatic carbocycles. The molecule has 2 amide bonds. The Morgan fingerprint density at radius 2 is 1.66 bits per heavy atom. The first-order valence-corrected chi connectivity index (χ1v) is 15.3. The molecule has 4 N–H and O–H groups in total. The minimum absolute atomic E-state index is 0.0222. The number of phenols is 2. The lowest BCUT2D eigenvalue weighted by atomic mass is 10.00. The van der Waals surface area contributed by atoms with Crippen molar-refractivity contribution < 1.29 is 34.0 Å². The molecule has 1 unspecified atom stereocenters. The Hall–Kier alpha value is -4.98. The van der Waals surface area contributed by atoms with E-state index in [0.29, 0.717) is 34.7 Å². The van der Waals surface area contributed by atoms with E-state index in [9.17, 15) is 19.8 Å². The van der Waals surface area contributed by atoms with Gasteiger partial charge in [0.15, 0.2) is 17.3 Å². The Balaban J connectivity index is 1.12. The summed E-state index contributed by atoms with van der Waals surface area (Å²) in [5, 5.41) is 34.1. The third-order valence-electron chi connectivity index (χ3n) is 7.36. The van der Waals surface area contributed by atoms with E-state index in [0.717, 1.165) is 16.8 Å². The molecule has 5 rings (SSSR count). The second-order valence-corrected chi connectivity index (χ2v) is 11.0. The van der Waals surface area contributed by atoms with Gasteiger partial charge in [-0.2, -0.15) is 0 Å². The number of halogens is 1. The number of aromatic nitrogens is 3. The lowest BCUT2D eigenvalue weighted by Crippen LogP contribution is -2.29. The first-order chi connectivity index (χ1) is 22.8. The van der Waals surface area contributed by atoms with Crippen molar-refractivity contribution in [3.8, 4) is 22.9 Å². The smallest absolute Gasteiger partial charge is 0.255 e. The third kappa shape index (κ3) is 8.06. The van der Waals surface area contributed by atoms with Crippen LogP contribution in [0.2, 0.25) is 5.02 Å². The molecule has 0 saturated carbocycles. The highest BCUT2D eigenvalue weighted by Gasteiger charge is 2.30. The zero-order valence-electron chi connectivity index (χ0n) is 25.9. The van der Waals surface area contributed by atoms with Crippen molar-refractivity contribution in [1.29, 1.82) is 0 Å². The van der Waals surface area contributed by atoms with Crippen LogP contribution in [-0.2, 0) is 14.3 Å². The van der Waals surface area contributed by atoms with Crippen molar-refractivity contribution in [2.45, 2.75) is 19.4 Å². The van der Waals surface area contributed by atoms with E-state index in [1.807, 2.05) is 41.8 Å². The molecule has 1 aromatic heterocycles. The highest BCUT2D eigenvalue weighted by atomic mass is 35.5. The Labute approximate surface area is 276 Å². The molecule has 0 bridgehead atoms. The molecule has 2 heterocycles. The molecule has 0 radical (unpaired) electrons. The Morgan fingerprint density at radius 3 is 2.38 bits per heavy atom. The van der Waals surface area contributed by atoms with Crippen LogP contribution < -0.4 is 15.4 Å².